The van der Waals surface area contributed by atoms with Crippen LogP contribution < -0.4 is 0 Å². The Morgan fingerprint density at radius 3 is 2.40 bits per heavy atom. The van der Waals surface area contributed by atoms with Crippen LogP contribution in [0, 0.1) is 0 Å². The highest BCUT2D eigenvalue weighted by molar-refractivity contribution is 7.42. The third-order valence-corrected chi connectivity index (χ3v) is 1.33. The summed E-state index contributed by atoms with van der Waals surface area (Å²) >= 11 is 0. The van der Waals surface area contributed by atoms with Crippen molar-refractivity contribution in [2.75, 3.05) is 6.66 Å². The van der Waals surface area contributed by atoms with E-state index in [0.717, 1.165) is 0 Å². The van der Waals surface area contributed by atoms with Crippen molar-refractivity contribution in [1.29, 1.82) is 0 Å². The van der Waals surface area contributed by atoms with Gasteiger partial charge in [-0.1, -0.05) is 0 Å². The maximum atomic E-state index is 7.88. The molecule has 0 aromatic heterocycles. The molecule has 2 unspecified atom stereocenters. The minimum atomic E-state index is -0.330. The summed E-state index contributed by atoms with van der Waals surface area (Å²) < 4.78 is 4.44. The van der Waals surface area contributed by atoms with Crippen LogP contribution in [0.1, 0.15) is 0 Å². The van der Waals surface area contributed by atoms with Gasteiger partial charge < -0.3 is 9.20 Å². The molecule has 0 aromatic rings. The van der Waals surface area contributed by atoms with Gasteiger partial charge in [0.2, 0.25) is 0 Å². The lowest BCUT2D eigenvalue weighted by atomic mass is 12.0. The molecule has 0 saturated heterocycles. The minimum absolute atomic E-state index is 0.330. The van der Waals surface area contributed by atoms with Crippen molar-refractivity contribution >= 4 is 17.8 Å². The molecule has 0 aromatic carbocycles. The van der Waals surface area contributed by atoms with Crippen molar-refractivity contribution in [2.24, 2.45) is 0 Å². The fourth-order valence-electron chi connectivity index (χ4n) is 0.0456. The van der Waals surface area contributed by atoms with Gasteiger partial charge in [0.1, 0.15) is 0 Å². The molecule has 2 atom stereocenters. The van der Waals surface area contributed by atoms with E-state index in [2.05, 4.69) is 4.31 Å². The summed E-state index contributed by atoms with van der Waals surface area (Å²) in [6.07, 6.45) is 0. The molecular formula is CH6O2P2. The Kier molecular flexibility index (Phi) is 5.53. The molecule has 0 aliphatic rings. The fourth-order valence-corrected chi connectivity index (χ4v) is 0.411. The third-order valence-electron chi connectivity index (χ3n) is 0.148. The van der Waals surface area contributed by atoms with Crippen LogP contribution >= 0.6 is 17.8 Å². The average Bonchev–Trinajstić information content (AvgIpc) is 1.41. The number of rotatable bonds is 2. The van der Waals surface area contributed by atoms with E-state index in [9.17, 15) is 0 Å². The molecule has 0 fully saturated rings. The van der Waals surface area contributed by atoms with Crippen LogP contribution in [0.4, 0.5) is 0 Å². The Balaban J connectivity index is 2.19. The van der Waals surface area contributed by atoms with E-state index in [0.29, 0.717) is 8.81 Å². The van der Waals surface area contributed by atoms with E-state index in [4.69, 9.17) is 4.89 Å². The molecule has 0 aliphatic carbocycles. The summed E-state index contributed by atoms with van der Waals surface area (Å²) in [6, 6.07) is 0. The molecule has 2 nitrogen and oxygen atoms in total. The summed E-state index contributed by atoms with van der Waals surface area (Å²) in [6.45, 7) is 1.86. The lowest BCUT2D eigenvalue weighted by Crippen LogP contribution is -1.44. The lowest BCUT2D eigenvalue weighted by Gasteiger charge is -1.84. The van der Waals surface area contributed by atoms with E-state index in [-0.39, 0.29) is 9.03 Å². The van der Waals surface area contributed by atoms with Crippen LogP contribution in [0.15, 0.2) is 0 Å². The molecule has 0 amide bonds. The Bertz CT molecular complexity index is 15.1. The molecule has 4 heteroatoms. The van der Waals surface area contributed by atoms with Crippen molar-refractivity contribution in [3.8, 4) is 0 Å². The SMILES string of the molecule is CPOPO. The molecule has 0 aliphatic heterocycles. The average molecular weight is 112 g/mol. The van der Waals surface area contributed by atoms with Crippen LogP contribution in [0.2, 0.25) is 0 Å². The Morgan fingerprint density at radius 1 is 1.80 bits per heavy atom. The van der Waals surface area contributed by atoms with E-state index >= 15 is 0 Å². The second-order valence-corrected chi connectivity index (χ2v) is 1.80. The van der Waals surface area contributed by atoms with Crippen LogP contribution in [-0.2, 0) is 4.31 Å². The van der Waals surface area contributed by atoms with Gasteiger partial charge in [-0.3, -0.25) is 0 Å². The van der Waals surface area contributed by atoms with Crippen LogP contribution in [-0.4, -0.2) is 11.6 Å². The lowest BCUT2D eigenvalue weighted by molar-refractivity contribution is 0.550. The zero-order chi connectivity index (χ0) is 4.12. The molecule has 0 radical (unpaired) electrons. The molecule has 1 N–H and O–H groups in total. The van der Waals surface area contributed by atoms with Gasteiger partial charge >= 0.3 is 0 Å². The predicted molar refractivity (Wildman–Crippen MR) is 25.9 cm³/mol. The van der Waals surface area contributed by atoms with Crippen LogP contribution in [0.5, 0.6) is 0 Å². The first-order valence-electron chi connectivity index (χ1n) is 1.13. The highest BCUT2D eigenvalue weighted by Crippen LogP contribution is 2.17. The summed E-state index contributed by atoms with van der Waals surface area (Å²) in [5.41, 5.74) is 0. The van der Waals surface area contributed by atoms with Gasteiger partial charge in [0.15, 0.2) is 9.03 Å². The minimum Gasteiger partial charge on any atom is -0.352 e. The maximum Gasteiger partial charge on any atom is 0.155 e. The maximum absolute atomic E-state index is 7.88. The predicted octanol–water partition coefficient (Wildman–Crippen LogP) is 0.727. The zero-order valence-electron chi connectivity index (χ0n) is 2.86. The van der Waals surface area contributed by atoms with Gasteiger partial charge in [0, 0.05) is 8.81 Å². The molecule has 32 valence electrons. The first-order chi connectivity index (χ1) is 2.41. The molecule has 0 saturated carbocycles. The van der Waals surface area contributed by atoms with Gasteiger partial charge in [-0.25, -0.2) is 0 Å². The highest BCUT2D eigenvalue weighted by Gasteiger charge is 1.65. The zero-order valence-corrected chi connectivity index (χ0v) is 4.86. The number of hydrogen-bond donors (Lipinski definition) is 1. The van der Waals surface area contributed by atoms with Gasteiger partial charge in [-0.2, -0.15) is 0 Å². The van der Waals surface area contributed by atoms with E-state index in [1.165, 1.54) is 0 Å². The van der Waals surface area contributed by atoms with Crippen molar-refractivity contribution in [3.63, 3.8) is 0 Å². The summed E-state index contributed by atoms with van der Waals surface area (Å²) in [5.74, 6) is 0. The number of hydrogen-bond acceptors (Lipinski definition) is 2. The molecule has 0 spiro atoms. The monoisotopic (exact) mass is 112 g/mol. The first-order valence-corrected chi connectivity index (χ1v) is 3.40. The van der Waals surface area contributed by atoms with E-state index in [1.807, 2.05) is 6.66 Å². The molecular weight excluding hydrogens is 106 g/mol. The van der Waals surface area contributed by atoms with Gasteiger partial charge in [-0.15, -0.1) is 0 Å². The largest absolute Gasteiger partial charge is 0.352 e. The summed E-state index contributed by atoms with van der Waals surface area (Å²) in [4.78, 5) is 7.88. The van der Waals surface area contributed by atoms with Crippen molar-refractivity contribution in [2.45, 2.75) is 0 Å². The standard InChI is InChI=1S/CH6O2P2/c1-4-3-5-2/h2,4-5H,1H3. The Morgan fingerprint density at radius 2 is 2.40 bits per heavy atom. The van der Waals surface area contributed by atoms with Crippen LogP contribution in [0.25, 0.3) is 0 Å². The normalized spacial score (nSPS) is 13.2. The quantitative estimate of drug-likeness (QED) is 0.533. The highest BCUT2D eigenvalue weighted by atomic mass is 31.2. The molecule has 0 rings (SSSR count). The summed E-state index contributed by atoms with van der Waals surface area (Å²) in [7, 11) is 0.0903. The van der Waals surface area contributed by atoms with Crippen molar-refractivity contribution in [3.05, 3.63) is 0 Å². The van der Waals surface area contributed by atoms with Gasteiger partial charge in [0.25, 0.3) is 0 Å². The third kappa shape index (κ3) is 4.78. The van der Waals surface area contributed by atoms with Gasteiger partial charge in [0.05, 0.1) is 0 Å². The van der Waals surface area contributed by atoms with Crippen molar-refractivity contribution in [1.82, 2.24) is 0 Å². The second kappa shape index (κ2) is 4.78. The first kappa shape index (κ1) is 5.78. The van der Waals surface area contributed by atoms with Crippen molar-refractivity contribution < 1.29 is 9.20 Å². The Labute approximate surface area is 34.7 Å². The topological polar surface area (TPSA) is 29.5 Å². The fraction of sp³-hybridized carbons (Fsp3) is 1.00. The molecule has 0 heterocycles. The molecule has 5 heavy (non-hydrogen) atoms. The van der Waals surface area contributed by atoms with Crippen LogP contribution in [0.3, 0.4) is 0 Å². The van der Waals surface area contributed by atoms with E-state index in [1.54, 1.807) is 0 Å². The Hall–Kier alpha value is 0.780. The molecule has 0 bridgehead atoms. The summed E-state index contributed by atoms with van der Waals surface area (Å²) in [5, 5.41) is 0. The second-order valence-electron chi connectivity index (χ2n) is 0.397. The smallest absolute Gasteiger partial charge is 0.155 e. The van der Waals surface area contributed by atoms with E-state index < -0.39 is 0 Å². The van der Waals surface area contributed by atoms with Gasteiger partial charge in [-0.05, 0) is 6.66 Å².